The van der Waals surface area contributed by atoms with Crippen LogP contribution in [0, 0.1) is 6.92 Å². The van der Waals surface area contributed by atoms with Crippen molar-refractivity contribution in [1.29, 1.82) is 0 Å². The molecule has 0 radical (unpaired) electrons. The standard InChI is InChI=1S/C15H17NO2/c1-10(2)18-13-7-12(8-16-9-13)14-6-11(3)4-5-15(14)17/h4-10,17H,1-3H3. The number of rotatable bonds is 3. The smallest absolute Gasteiger partial charge is 0.138 e. The molecule has 0 spiro atoms. The lowest BCUT2D eigenvalue weighted by atomic mass is 10.0. The van der Waals surface area contributed by atoms with Gasteiger partial charge >= 0.3 is 0 Å². The Hall–Kier alpha value is -2.03. The Bertz CT molecular complexity index is 550. The molecule has 1 aromatic carbocycles. The van der Waals surface area contributed by atoms with Gasteiger partial charge in [0.1, 0.15) is 11.5 Å². The zero-order valence-electron chi connectivity index (χ0n) is 10.8. The van der Waals surface area contributed by atoms with E-state index < -0.39 is 0 Å². The quantitative estimate of drug-likeness (QED) is 0.896. The number of aryl methyl sites for hydroxylation is 1. The first-order valence-corrected chi connectivity index (χ1v) is 5.98. The van der Waals surface area contributed by atoms with Crippen molar-refractivity contribution in [2.75, 3.05) is 0 Å². The van der Waals surface area contributed by atoms with Gasteiger partial charge in [-0.3, -0.25) is 4.98 Å². The van der Waals surface area contributed by atoms with Crippen molar-refractivity contribution >= 4 is 0 Å². The number of hydrogen-bond donors (Lipinski definition) is 1. The average Bonchev–Trinajstić information content (AvgIpc) is 2.32. The molecule has 3 nitrogen and oxygen atoms in total. The number of hydrogen-bond acceptors (Lipinski definition) is 3. The molecule has 1 aromatic heterocycles. The second kappa shape index (κ2) is 5.08. The lowest BCUT2D eigenvalue weighted by Crippen LogP contribution is -2.05. The molecule has 2 rings (SSSR count). The molecule has 3 heteroatoms. The molecule has 0 aliphatic rings. The number of aromatic hydroxyl groups is 1. The first kappa shape index (κ1) is 12.4. The molecule has 0 fully saturated rings. The van der Waals surface area contributed by atoms with Crippen LogP contribution < -0.4 is 4.74 Å². The number of pyridine rings is 1. The van der Waals surface area contributed by atoms with Crippen LogP contribution in [0.4, 0.5) is 0 Å². The summed E-state index contributed by atoms with van der Waals surface area (Å²) in [6.45, 7) is 5.93. The van der Waals surface area contributed by atoms with Gasteiger partial charge in [-0.1, -0.05) is 11.6 Å². The van der Waals surface area contributed by atoms with Gasteiger partial charge < -0.3 is 9.84 Å². The van der Waals surface area contributed by atoms with Crippen LogP contribution in [0.15, 0.2) is 36.7 Å². The van der Waals surface area contributed by atoms with Gasteiger partial charge in [0, 0.05) is 17.3 Å². The fourth-order valence-electron chi connectivity index (χ4n) is 1.78. The van der Waals surface area contributed by atoms with Crippen LogP contribution in [-0.4, -0.2) is 16.2 Å². The maximum Gasteiger partial charge on any atom is 0.138 e. The monoisotopic (exact) mass is 243 g/mol. The van der Waals surface area contributed by atoms with E-state index in [2.05, 4.69) is 4.98 Å². The molecule has 0 aliphatic carbocycles. The largest absolute Gasteiger partial charge is 0.507 e. The van der Waals surface area contributed by atoms with Gasteiger partial charge in [-0.2, -0.15) is 0 Å². The molecule has 0 saturated carbocycles. The highest BCUT2D eigenvalue weighted by atomic mass is 16.5. The fraction of sp³-hybridized carbons (Fsp3) is 0.267. The third-order valence-corrected chi connectivity index (χ3v) is 2.55. The lowest BCUT2D eigenvalue weighted by molar-refractivity contribution is 0.241. The Balaban J connectivity index is 2.41. The van der Waals surface area contributed by atoms with Crippen molar-refractivity contribution < 1.29 is 9.84 Å². The van der Waals surface area contributed by atoms with E-state index in [0.29, 0.717) is 5.75 Å². The van der Waals surface area contributed by atoms with Gasteiger partial charge in [0.25, 0.3) is 0 Å². The van der Waals surface area contributed by atoms with E-state index >= 15 is 0 Å². The molecule has 0 amide bonds. The summed E-state index contributed by atoms with van der Waals surface area (Å²) in [5, 5.41) is 9.89. The van der Waals surface area contributed by atoms with Crippen LogP contribution in [0.5, 0.6) is 11.5 Å². The van der Waals surface area contributed by atoms with E-state index in [4.69, 9.17) is 4.74 Å². The van der Waals surface area contributed by atoms with Crippen LogP contribution in [0.1, 0.15) is 19.4 Å². The SMILES string of the molecule is Cc1ccc(O)c(-c2cncc(OC(C)C)c2)c1. The van der Waals surface area contributed by atoms with E-state index in [0.717, 1.165) is 16.7 Å². The van der Waals surface area contributed by atoms with Gasteiger partial charge in [-0.25, -0.2) is 0 Å². The van der Waals surface area contributed by atoms with Gasteiger partial charge in [-0.05, 0) is 39.0 Å². The number of benzene rings is 1. The van der Waals surface area contributed by atoms with E-state index in [1.54, 1.807) is 18.5 Å². The zero-order valence-corrected chi connectivity index (χ0v) is 10.8. The number of nitrogens with zero attached hydrogens (tertiary/aromatic N) is 1. The third-order valence-electron chi connectivity index (χ3n) is 2.55. The number of phenolic OH excluding ortho intramolecular Hbond substituents is 1. The number of phenols is 1. The Kier molecular flexibility index (Phi) is 3.51. The Morgan fingerprint density at radius 3 is 2.67 bits per heavy atom. The van der Waals surface area contributed by atoms with Gasteiger partial charge in [0.15, 0.2) is 0 Å². The van der Waals surface area contributed by atoms with Crippen molar-refractivity contribution in [3.63, 3.8) is 0 Å². The molecule has 0 atom stereocenters. The third kappa shape index (κ3) is 2.80. The van der Waals surface area contributed by atoms with Gasteiger partial charge in [0.2, 0.25) is 0 Å². The first-order valence-electron chi connectivity index (χ1n) is 5.98. The normalized spacial score (nSPS) is 10.7. The van der Waals surface area contributed by atoms with E-state index in [9.17, 15) is 5.11 Å². The van der Waals surface area contributed by atoms with Crippen LogP contribution in [0.25, 0.3) is 11.1 Å². The summed E-state index contributed by atoms with van der Waals surface area (Å²) in [7, 11) is 0. The van der Waals surface area contributed by atoms with Crippen molar-refractivity contribution in [3.05, 3.63) is 42.2 Å². The molecule has 0 saturated heterocycles. The predicted octanol–water partition coefficient (Wildman–Crippen LogP) is 3.55. The maximum atomic E-state index is 9.89. The molecule has 0 bridgehead atoms. The van der Waals surface area contributed by atoms with Crippen LogP contribution in [0.3, 0.4) is 0 Å². The first-order chi connectivity index (χ1) is 8.56. The van der Waals surface area contributed by atoms with E-state index in [1.807, 2.05) is 39.0 Å². The van der Waals surface area contributed by atoms with Crippen LogP contribution in [-0.2, 0) is 0 Å². The van der Waals surface area contributed by atoms with Gasteiger partial charge in [-0.15, -0.1) is 0 Å². The molecule has 2 aromatic rings. The number of ether oxygens (including phenoxy) is 1. The average molecular weight is 243 g/mol. The van der Waals surface area contributed by atoms with Crippen LogP contribution in [0.2, 0.25) is 0 Å². The van der Waals surface area contributed by atoms with Crippen LogP contribution >= 0.6 is 0 Å². The lowest BCUT2D eigenvalue weighted by Gasteiger charge is -2.11. The molecule has 1 N–H and O–H groups in total. The molecule has 0 unspecified atom stereocenters. The maximum absolute atomic E-state index is 9.89. The highest BCUT2D eigenvalue weighted by molar-refractivity contribution is 5.71. The summed E-state index contributed by atoms with van der Waals surface area (Å²) >= 11 is 0. The molecule has 1 heterocycles. The minimum absolute atomic E-state index is 0.105. The van der Waals surface area contributed by atoms with Crippen molar-refractivity contribution in [3.8, 4) is 22.6 Å². The topological polar surface area (TPSA) is 42.4 Å². The summed E-state index contributed by atoms with van der Waals surface area (Å²) in [4.78, 5) is 4.15. The summed E-state index contributed by atoms with van der Waals surface area (Å²) in [5.74, 6) is 0.965. The summed E-state index contributed by atoms with van der Waals surface area (Å²) < 4.78 is 5.60. The molecule has 0 aliphatic heterocycles. The van der Waals surface area contributed by atoms with Gasteiger partial charge in [0.05, 0.1) is 12.3 Å². The number of aromatic nitrogens is 1. The Morgan fingerprint density at radius 1 is 1.17 bits per heavy atom. The van der Waals surface area contributed by atoms with E-state index in [-0.39, 0.29) is 11.9 Å². The Morgan fingerprint density at radius 2 is 1.94 bits per heavy atom. The molecular weight excluding hydrogens is 226 g/mol. The van der Waals surface area contributed by atoms with Crippen molar-refractivity contribution in [2.24, 2.45) is 0 Å². The van der Waals surface area contributed by atoms with E-state index in [1.165, 1.54) is 0 Å². The van der Waals surface area contributed by atoms with Crippen molar-refractivity contribution in [2.45, 2.75) is 26.9 Å². The minimum Gasteiger partial charge on any atom is -0.507 e. The predicted molar refractivity (Wildman–Crippen MR) is 71.8 cm³/mol. The molecule has 94 valence electrons. The summed E-state index contributed by atoms with van der Waals surface area (Å²) in [5.41, 5.74) is 2.73. The highest BCUT2D eigenvalue weighted by Crippen LogP contribution is 2.31. The second-order valence-electron chi connectivity index (χ2n) is 4.60. The second-order valence-corrected chi connectivity index (χ2v) is 4.60. The van der Waals surface area contributed by atoms with Crippen molar-refractivity contribution in [1.82, 2.24) is 4.98 Å². The zero-order chi connectivity index (χ0) is 13.1. The fourth-order valence-corrected chi connectivity index (χ4v) is 1.78. The Labute approximate surface area is 107 Å². The highest BCUT2D eigenvalue weighted by Gasteiger charge is 2.07. The minimum atomic E-state index is 0.105. The molecule has 18 heavy (non-hydrogen) atoms. The summed E-state index contributed by atoms with van der Waals surface area (Å²) in [6.07, 6.45) is 3.51. The summed E-state index contributed by atoms with van der Waals surface area (Å²) in [6, 6.07) is 7.40. The molecular formula is C15H17NO2.